The highest BCUT2D eigenvalue weighted by molar-refractivity contribution is 7.91. The lowest BCUT2D eigenvalue weighted by atomic mass is 9.86. The van der Waals surface area contributed by atoms with E-state index in [1.54, 1.807) is 21.0 Å². The van der Waals surface area contributed by atoms with E-state index in [9.17, 15) is 27.6 Å². The zero-order chi connectivity index (χ0) is 38.8. The highest BCUT2D eigenvalue weighted by Gasteiger charge is 2.64. The highest BCUT2D eigenvalue weighted by Crippen LogP contribution is 2.52. The minimum absolute atomic E-state index is 0.0738. The van der Waals surface area contributed by atoms with Crippen LogP contribution < -0.4 is 24.8 Å². The number of rotatable bonds is 7. The number of nitrogens with one attached hydrogen (secondary N) is 3. The molecule has 4 heterocycles. The van der Waals surface area contributed by atoms with E-state index >= 15 is 0 Å². The van der Waals surface area contributed by atoms with Gasteiger partial charge < -0.3 is 29.7 Å². The average Bonchev–Trinajstić information content (AvgIpc) is 4.09. The Morgan fingerprint density at radius 3 is 2.62 bits per heavy atom. The van der Waals surface area contributed by atoms with Crippen molar-refractivity contribution in [3.05, 3.63) is 41.6 Å². The largest absolute Gasteiger partial charge is 0.497 e. The Kier molecular flexibility index (Phi) is 9.53. The van der Waals surface area contributed by atoms with Gasteiger partial charge in [0, 0.05) is 35.3 Å². The number of pyridine rings is 1. The first kappa shape index (κ1) is 37.5. The Morgan fingerprint density at radius 1 is 1.09 bits per heavy atom. The van der Waals surface area contributed by atoms with Crippen LogP contribution in [0.4, 0.5) is 4.79 Å². The summed E-state index contributed by atoms with van der Waals surface area (Å²) >= 11 is 0. The molecule has 1 spiro atoms. The number of aryl methyl sites for hydroxylation is 1. The van der Waals surface area contributed by atoms with Gasteiger partial charge >= 0.3 is 6.09 Å². The van der Waals surface area contributed by atoms with Crippen molar-refractivity contribution in [1.29, 1.82) is 0 Å². The molecule has 5 unspecified atom stereocenters. The number of allylic oxidation sites excluding steroid dienone is 1. The molecule has 296 valence electrons. The molecule has 0 bridgehead atoms. The summed E-state index contributed by atoms with van der Waals surface area (Å²) in [6.07, 6.45) is 10.8. The Labute approximate surface area is 321 Å². The van der Waals surface area contributed by atoms with E-state index in [0.29, 0.717) is 56.4 Å². The van der Waals surface area contributed by atoms with Crippen molar-refractivity contribution >= 4 is 44.7 Å². The number of alkyl carbamates (subject to hydrolysis) is 1. The molecule has 5 atom stereocenters. The molecular formula is C40H51N5O9S. The molecule has 0 radical (unpaired) electrons. The molecule has 1 saturated heterocycles. The SMILES string of the molecule is CCOC(=O)NC1CCCCCC=CC2CC2(C(=O)NS(=O)(=O)C2(C)CC2)NC(=O)C2CC3(CCc4c(c(C5CC5)nc5cc(OC)ccc45)O3)CN2C1=O. The maximum absolute atomic E-state index is 14.7. The normalized spacial score (nSPS) is 30.1. The molecule has 8 rings (SSSR count). The third-order valence-electron chi connectivity index (χ3n) is 12.6. The molecule has 3 N–H and O–H groups in total. The van der Waals surface area contributed by atoms with Crippen LogP contribution in [-0.2, 0) is 35.6 Å². The van der Waals surface area contributed by atoms with Crippen molar-refractivity contribution in [2.75, 3.05) is 20.3 Å². The van der Waals surface area contributed by atoms with Gasteiger partial charge in [-0.2, -0.15) is 0 Å². The molecule has 3 saturated carbocycles. The number of carbonyl (C=O) groups excluding carboxylic acids is 4. The van der Waals surface area contributed by atoms with Gasteiger partial charge in [-0.15, -0.1) is 0 Å². The maximum atomic E-state index is 14.7. The minimum Gasteiger partial charge on any atom is -0.497 e. The van der Waals surface area contributed by atoms with E-state index in [1.165, 1.54) is 4.90 Å². The van der Waals surface area contributed by atoms with Crippen LogP contribution in [0.2, 0.25) is 0 Å². The first-order chi connectivity index (χ1) is 26.3. The van der Waals surface area contributed by atoms with E-state index < -0.39 is 67.7 Å². The number of ether oxygens (including phenoxy) is 3. The third-order valence-corrected chi connectivity index (χ3v) is 14.7. The van der Waals surface area contributed by atoms with Crippen LogP contribution in [0.15, 0.2) is 30.4 Å². The van der Waals surface area contributed by atoms with Crippen LogP contribution in [0, 0.1) is 5.92 Å². The second kappa shape index (κ2) is 14.0. The number of sulfonamides is 1. The van der Waals surface area contributed by atoms with Gasteiger partial charge in [0.05, 0.1) is 36.2 Å². The Bertz CT molecular complexity index is 2060. The van der Waals surface area contributed by atoms with Gasteiger partial charge in [-0.1, -0.05) is 25.0 Å². The summed E-state index contributed by atoms with van der Waals surface area (Å²) in [5.74, 6) is -0.549. The first-order valence-corrected chi connectivity index (χ1v) is 21.3. The second-order valence-corrected chi connectivity index (χ2v) is 18.8. The first-order valence-electron chi connectivity index (χ1n) is 19.8. The zero-order valence-electron chi connectivity index (χ0n) is 31.8. The highest BCUT2D eigenvalue weighted by atomic mass is 32.2. The Hall–Kier alpha value is -4.40. The van der Waals surface area contributed by atoms with Crippen molar-refractivity contribution in [3.8, 4) is 11.5 Å². The van der Waals surface area contributed by atoms with Gasteiger partial charge in [0.25, 0.3) is 5.91 Å². The monoisotopic (exact) mass is 777 g/mol. The lowest BCUT2D eigenvalue weighted by Gasteiger charge is -2.37. The number of aromatic nitrogens is 1. The molecule has 3 aliphatic heterocycles. The van der Waals surface area contributed by atoms with Crippen LogP contribution >= 0.6 is 0 Å². The van der Waals surface area contributed by atoms with Crippen molar-refractivity contribution in [3.63, 3.8) is 0 Å². The molecule has 3 aliphatic carbocycles. The van der Waals surface area contributed by atoms with Crippen LogP contribution in [0.3, 0.4) is 0 Å². The van der Waals surface area contributed by atoms with Crippen LogP contribution in [0.5, 0.6) is 11.5 Å². The smallest absolute Gasteiger partial charge is 0.407 e. The van der Waals surface area contributed by atoms with E-state index in [1.807, 2.05) is 30.4 Å². The molecule has 55 heavy (non-hydrogen) atoms. The predicted molar refractivity (Wildman–Crippen MR) is 202 cm³/mol. The molecule has 14 nitrogen and oxygen atoms in total. The minimum atomic E-state index is -3.98. The predicted octanol–water partition coefficient (Wildman–Crippen LogP) is 4.29. The number of carbonyl (C=O) groups is 4. The van der Waals surface area contributed by atoms with Crippen molar-refractivity contribution in [2.45, 2.75) is 131 Å². The summed E-state index contributed by atoms with van der Waals surface area (Å²) in [6, 6.07) is 3.80. The number of amides is 4. The Balaban J connectivity index is 1.15. The van der Waals surface area contributed by atoms with Gasteiger partial charge in [0.15, 0.2) is 0 Å². The van der Waals surface area contributed by atoms with Gasteiger partial charge in [0.1, 0.15) is 34.7 Å². The van der Waals surface area contributed by atoms with E-state index in [-0.39, 0.29) is 31.9 Å². The van der Waals surface area contributed by atoms with Crippen LogP contribution in [0.1, 0.15) is 108 Å². The number of methoxy groups -OCH3 is 1. The molecule has 4 fully saturated rings. The number of hydrogen-bond donors (Lipinski definition) is 3. The molecule has 1 aromatic heterocycles. The second-order valence-electron chi connectivity index (χ2n) is 16.6. The molecule has 4 amide bonds. The quantitative estimate of drug-likeness (QED) is 0.343. The van der Waals surface area contributed by atoms with Crippen molar-refractivity contribution < 1.29 is 41.8 Å². The van der Waals surface area contributed by atoms with Gasteiger partial charge in [-0.05, 0) is 90.2 Å². The zero-order valence-corrected chi connectivity index (χ0v) is 32.6. The number of benzene rings is 1. The average molecular weight is 778 g/mol. The van der Waals surface area contributed by atoms with Gasteiger partial charge in [-0.3, -0.25) is 19.1 Å². The van der Waals surface area contributed by atoms with Crippen LogP contribution in [0.25, 0.3) is 10.9 Å². The fraction of sp³-hybridized carbons (Fsp3) is 0.625. The fourth-order valence-corrected chi connectivity index (χ4v) is 9.93. The third kappa shape index (κ3) is 7.01. The summed E-state index contributed by atoms with van der Waals surface area (Å²) < 4.78 is 45.4. The molecular weight excluding hydrogens is 727 g/mol. The van der Waals surface area contributed by atoms with E-state index in [2.05, 4.69) is 15.4 Å². The molecule has 2 aromatic rings. The lowest BCUT2D eigenvalue weighted by Crippen LogP contribution is -2.58. The molecule has 15 heteroatoms. The summed E-state index contributed by atoms with van der Waals surface area (Å²) in [5.41, 5.74) is 0.276. The summed E-state index contributed by atoms with van der Waals surface area (Å²) in [7, 11) is -2.36. The van der Waals surface area contributed by atoms with Gasteiger partial charge in [0.2, 0.25) is 21.8 Å². The van der Waals surface area contributed by atoms with Crippen molar-refractivity contribution in [2.24, 2.45) is 5.92 Å². The number of nitrogens with zero attached hydrogens (tertiary/aromatic N) is 2. The summed E-state index contributed by atoms with van der Waals surface area (Å²) in [4.78, 5) is 62.6. The van der Waals surface area contributed by atoms with Crippen LogP contribution in [-0.4, -0.2) is 90.3 Å². The standard InChI is InChI=1S/C40H51N5O9S/c1-4-53-37(49)42-29-11-9-7-5-6-8-10-25-21-40(25,36(48)44-55(50,51)38(2)18-19-38)43-34(46)31-22-39(23-45(31)35(29)47)17-16-28-27-15-14-26(52-3)20-30(27)41-32(24-12-13-24)33(28)54-39/h8,10,14-15,20,24-25,29,31H,4-7,9,11-13,16-19,21-23H2,1-3H3,(H,42,49)(H,43,46)(H,44,48). The molecule has 1 aromatic carbocycles. The molecule has 6 aliphatic rings. The topological polar surface area (TPSA) is 182 Å². The number of fused-ring (bicyclic) bond motifs is 5. The maximum Gasteiger partial charge on any atom is 0.407 e. The number of hydrogen-bond acceptors (Lipinski definition) is 10. The fourth-order valence-electron chi connectivity index (χ4n) is 8.61. The summed E-state index contributed by atoms with van der Waals surface area (Å²) in [6.45, 7) is 3.49. The Morgan fingerprint density at radius 2 is 1.89 bits per heavy atom. The van der Waals surface area contributed by atoms with E-state index in [0.717, 1.165) is 47.8 Å². The van der Waals surface area contributed by atoms with E-state index in [4.69, 9.17) is 19.2 Å². The van der Waals surface area contributed by atoms with Gasteiger partial charge in [-0.25, -0.2) is 18.2 Å². The lowest BCUT2D eigenvalue weighted by molar-refractivity contribution is -0.141. The van der Waals surface area contributed by atoms with Crippen molar-refractivity contribution in [1.82, 2.24) is 25.2 Å². The summed E-state index contributed by atoms with van der Waals surface area (Å²) in [5, 5.41) is 6.68.